The Labute approximate surface area is 160 Å². The zero-order valence-corrected chi connectivity index (χ0v) is 15.5. The zero-order chi connectivity index (χ0) is 19.7. The summed E-state index contributed by atoms with van der Waals surface area (Å²) in [6.45, 7) is 0. The minimum absolute atomic E-state index is 0.0545. The van der Waals surface area contributed by atoms with E-state index in [4.69, 9.17) is 11.6 Å². The average molecular weight is 436 g/mol. The van der Waals surface area contributed by atoms with Crippen molar-refractivity contribution in [3.05, 3.63) is 53.4 Å². The van der Waals surface area contributed by atoms with Crippen molar-refractivity contribution < 1.29 is 26.3 Å². The van der Waals surface area contributed by atoms with Crippen LogP contribution in [0.4, 0.5) is 18.9 Å². The fraction of sp³-hybridized carbons (Fsp3) is 0.0667. The molecular weight excluding hydrogens is 427 g/mol. The monoisotopic (exact) mass is 435 g/mol. The normalized spacial score (nSPS) is 12.0. The highest BCUT2D eigenvalue weighted by Gasteiger charge is 2.34. The van der Waals surface area contributed by atoms with Gasteiger partial charge in [0.2, 0.25) is 0 Å². The minimum Gasteiger partial charge on any atom is -0.404 e. The van der Waals surface area contributed by atoms with Crippen molar-refractivity contribution >= 4 is 38.6 Å². The van der Waals surface area contributed by atoms with Gasteiger partial charge in [0, 0.05) is 23.0 Å². The molecule has 0 aliphatic rings. The lowest BCUT2D eigenvalue weighted by Gasteiger charge is -2.15. The van der Waals surface area contributed by atoms with Gasteiger partial charge in [-0.3, -0.25) is 14.7 Å². The Morgan fingerprint density at radius 2 is 1.89 bits per heavy atom. The lowest BCUT2D eigenvalue weighted by atomic mass is 10.2. The number of alkyl halides is 3. The zero-order valence-electron chi connectivity index (χ0n) is 13.1. The van der Waals surface area contributed by atoms with Crippen molar-refractivity contribution in [3.63, 3.8) is 0 Å². The number of halogens is 4. The summed E-state index contributed by atoms with van der Waals surface area (Å²) < 4.78 is 68.9. The van der Waals surface area contributed by atoms with Crippen molar-refractivity contribution in [3.8, 4) is 16.2 Å². The third-order valence-corrected chi connectivity index (χ3v) is 5.59. The van der Waals surface area contributed by atoms with Crippen LogP contribution in [-0.4, -0.2) is 24.7 Å². The van der Waals surface area contributed by atoms with Crippen molar-refractivity contribution in [1.29, 1.82) is 0 Å². The van der Waals surface area contributed by atoms with Gasteiger partial charge in [0.15, 0.2) is 0 Å². The van der Waals surface area contributed by atoms with Gasteiger partial charge in [-0.2, -0.15) is 0 Å². The molecular formula is C15H9ClF3N3O3S2. The van der Waals surface area contributed by atoms with E-state index < -0.39 is 27.0 Å². The van der Waals surface area contributed by atoms with Crippen LogP contribution in [0.3, 0.4) is 0 Å². The molecule has 3 aromatic rings. The number of thiazole rings is 1. The topological polar surface area (TPSA) is 81.2 Å². The second-order valence-electron chi connectivity index (χ2n) is 5.07. The summed E-state index contributed by atoms with van der Waals surface area (Å²) >= 11 is 7.06. The van der Waals surface area contributed by atoms with E-state index in [0.29, 0.717) is 5.56 Å². The number of hydrogen-bond donors (Lipinski definition) is 1. The molecule has 0 radical (unpaired) electrons. The number of aromatic nitrogens is 2. The number of ether oxygens (including phenoxy) is 1. The van der Waals surface area contributed by atoms with E-state index in [1.807, 2.05) is 0 Å². The van der Waals surface area contributed by atoms with E-state index in [-0.39, 0.29) is 10.7 Å². The molecule has 0 spiro atoms. The van der Waals surface area contributed by atoms with Gasteiger partial charge in [-0.1, -0.05) is 11.6 Å². The quantitative estimate of drug-likeness (QED) is 0.635. The van der Waals surface area contributed by atoms with Gasteiger partial charge < -0.3 is 4.74 Å². The first kappa shape index (κ1) is 19.4. The molecule has 2 aromatic heterocycles. The molecule has 0 aliphatic carbocycles. The van der Waals surface area contributed by atoms with Gasteiger partial charge in [-0.05, 0) is 24.3 Å². The number of pyridine rings is 1. The predicted molar refractivity (Wildman–Crippen MR) is 94.3 cm³/mol. The largest absolute Gasteiger partial charge is 0.573 e. The molecule has 27 heavy (non-hydrogen) atoms. The first-order valence-electron chi connectivity index (χ1n) is 7.06. The van der Waals surface area contributed by atoms with E-state index in [1.165, 1.54) is 29.8 Å². The number of nitrogens with zero attached hydrogens (tertiary/aromatic N) is 2. The molecule has 12 heteroatoms. The molecule has 6 nitrogen and oxygen atoms in total. The molecule has 3 rings (SSSR count). The van der Waals surface area contributed by atoms with Gasteiger partial charge in [-0.25, -0.2) is 8.42 Å². The lowest BCUT2D eigenvalue weighted by molar-refractivity contribution is -0.275. The second-order valence-corrected chi connectivity index (χ2v) is 8.05. The van der Waals surface area contributed by atoms with Crippen molar-refractivity contribution in [2.75, 3.05) is 4.72 Å². The van der Waals surface area contributed by atoms with Crippen LogP contribution in [0.25, 0.3) is 10.4 Å². The molecule has 0 atom stereocenters. The molecule has 2 heterocycles. The summed E-state index contributed by atoms with van der Waals surface area (Å²) in [5.41, 5.74) is 2.24. The average Bonchev–Trinajstić information content (AvgIpc) is 3.09. The van der Waals surface area contributed by atoms with Crippen LogP contribution < -0.4 is 9.46 Å². The predicted octanol–water partition coefficient (Wildman–Crippen LogP) is 4.56. The van der Waals surface area contributed by atoms with Crippen LogP contribution in [-0.2, 0) is 10.0 Å². The Balaban J connectivity index is 1.96. The second kappa shape index (κ2) is 7.33. The third-order valence-electron chi connectivity index (χ3n) is 3.13. The van der Waals surface area contributed by atoms with Crippen LogP contribution in [0.5, 0.6) is 5.75 Å². The van der Waals surface area contributed by atoms with Crippen molar-refractivity contribution in [1.82, 2.24) is 9.97 Å². The molecule has 0 saturated heterocycles. The SMILES string of the molecule is O=S(=O)(Nc1cncc(-c2cncs2)c1)c1cc(Cl)ccc1OC(F)(F)F. The van der Waals surface area contributed by atoms with Crippen molar-refractivity contribution in [2.24, 2.45) is 0 Å². The van der Waals surface area contributed by atoms with E-state index in [0.717, 1.165) is 23.1 Å². The highest BCUT2D eigenvalue weighted by atomic mass is 35.5. The molecule has 142 valence electrons. The standard InChI is InChI=1S/C15H9ClF3N3O3S2/c16-10-1-2-12(25-15(17,18)19)14(4-10)27(23,24)22-11-3-9(5-20-6-11)13-7-21-8-26-13/h1-8,22H. The highest BCUT2D eigenvalue weighted by Crippen LogP contribution is 2.33. The van der Waals surface area contributed by atoms with Gasteiger partial charge in [0.1, 0.15) is 10.6 Å². The maximum Gasteiger partial charge on any atom is 0.573 e. The number of hydrogen-bond acceptors (Lipinski definition) is 6. The fourth-order valence-corrected chi connectivity index (χ4v) is 4.13. The van der Waals surface area contributed by atoms with E-state index in [9.17, 15) is 21.6 Å². The molecule has 1 aromatic carbocycles. The van der Waals surface area contributed by atoms with Crippen LogP contribution in [0.1, 0.15) is 0 Å². The fourth-order valence-electron chi connectivity index (χ4n) is 2.10. The summed E-state index contributed by atoms with van der Waals surface area (Å²) in [7, 11) is -4.44. The van der Waals surface area contributed by atoms with Gasteiger partial charge in [-0.15, -0.1) is 24.5 Å². The number of sulfonamides is 1. The molecule has 0 saturated carbocycles. The van der Waals surface area contributed by atoms with Crippen molar-refractivity contribution in [2.45, 2.75) is 11.3 Å². The Kier molecular flexibility index (Phi) is 5.27. The van der Waals surface area contributed by atoms with Crippen LogP contribution >= 0.6 is 22.9 Å². The minimum atomic E-state index is -5.06. The maximum atomic E-state index is 12.6. The van der Waals surface area contributed by atoms with Crippen LogP contribution in [0, 0.1) is 0 Å². The third kappa shape index (κ3) is 4.87. The van der Waals surface area contributed by atoms with E-state index in [2.05, 4.69) is 19.4 Å². The van der Waals surface area contributed by atoms with E-state index in [1.54, 1.807) is 11.7 Å². The first-order valence-corrected chi connectivity index (χ1v) is 9.80. The van der Waals surface area contributed by atoms with Crippen LogP contribution in [0.15, 0.2) is 53.3 Å². The molecule has 0 amide bonds. The van der Waals surface area contributed by atoms with Gasteiger partial charge >= 0.3 is 6.36 Å². The highest BCUT2D eigenvalue weighted by molar-refractivity contribution is 7.92. The summed E-state index contributed by atoms with van der Waals surface area (Å²) in [6, 6.07) is 4.27. The van der Waals surface area contributed by atoms with E-state index >= 15 is 0 Å². The van der Waals surface area contributed by atoms with Gasteiger partial charge in [0.05, 0.1) is 22.3 Å². The molecule has 0 bridgehead atoms. The number of anilines is 1. The van der Waals surface area contributed by atoms with Gasteiger partial charge in [0.25, 0.3) is 10.0 Å². The summed E-state index contributed by atoms with van der Waals surface area (Å²) in [4.78, 5) is 7.84. The Hall–Kier alpha value is -2.37. The molecule has 1 N–H and O–H groups in total. The Morgan fingerprint density at radius 3 is 2.56 bits per heavy atom. The smallest absolute Gasteiger partial charge is 0.404 e. The number of benzene rings is 1. The summed E-state index contributed by atoms with van der Waals surface area (Å²) in [6.07, 6.45) is -0.766. The Morgan fingerprint density at radius 1 is 1.11 bits per heavy atom. The lowest BCUT2D eigenvalue weighted by Crippen LogP contribution is -2.21. The summed E-state index contributed by atoms with van der Waals surface area (Å²) in [5.74, 6) is -0.897. The molecule has 0 aliphatic heterocycles. The Bertz CT molecular complexity index is 1060. The first-order chi connectivity index (χ1) is 12.6. The number of rotatable bonds is 5. The van der Waals surface area contributed by atoms with Crippen LogP contribution in [0.2, 0.25) is 5.02 Å². The number of nitrogens with one attached hydrogen (secondary N) is 1. The molecule has 0 unspecified atom stereocenters. The maximum absolute atomic E-state index is 12.6. The molecule has 0 fully saturated rings. The summed E-state index contributed by atoms with van der Waals surface area (Å²) in [5, 5.41) is -0.0681.